The highest BCUT2D eigenvalue weighted by atomic mass is 32.1. The zero-order valence-corrected chi connectivity index (χ0v) is 9.85. The van der Waals surface area contributed by atoms with Gasteiger partial charge in [-0.3, -0.25) is 0 Å². The Balaban J connectivity index is 1.93. The van der Waals surface area contributed by atoms with Crippen LogP contribution in [0.1, 0.15) is 47.1 Å². The molecule has 0 aromatic carbocycles. The van der Waals surface area contributed by atoms with E-state index < -0.39 is 0 Å². The van der Waals surface area contributed by atoms with Crippen LogP contribution in [0, 0.1) is 0 Å². The molecule has 1 aromatic heterocycles. The van der Waals surface area contributed by atoms with Gasteiger partial charge in [0.05, 0.1) is 6.10 Å². The van der Waals surface area contributed by atoms with E-state index in [2.05, 4.69) is 12.6 Å². The van der Waals surface area contributed by atoms with Crippen molar-refractivity contribution in [2.75, 3.05) is 0 Å². The van der Waals surface area contributed by atoms with E-state index in [1.54, 1.807) is 0 Å². The van der Waals surface area contributed by atoms with E-state index in [1.165, 1.54) is 34.6 Å². The number of hydrogen-bond donors (Lipinski definition) is 1. The van der Waals surface area contributed by atoms with E-state index in [1.807, 2.05) is 17.4 Å². The average Bonchev–Trinajstić information content (AvgIpc) is 2.76. The predicted molar refractivity (Wildman–Crippen MR) is 65.4 cm³/mol. The fraction of sp³-hybridized carbons (Fsp3) is 0.538. The smallest absolute Gasteiger partial charge is 0.0882 e. The zero-order valence-electron chi connectivity index (χ0n) is 9.04. The van der Waals surface area contributed by atoms with Crippen LogP contribution in [-0.4, -0.2) is 5.11 Å². The monoisotopic (exact) mass is 222 g/mol. The van der Waals surface area contributed by atoms with Crippen molar-refractivity contribution in [1.29, 1.82) is 0 Å². The third-order valence-corrected chi connectivity index (χ3v) is 4.32. The normalized spacial score (nSPS) is 16.3. The Bertz CT molecular complexity index is 319. The third kappa shape index (κ3) is 2.50. The highest BCUT2D eigenvalue weighted by Crippen LogP contribution is 2.35. The minimum atomic E-state index is -0.249. The first kappa shape index (κ1) is 10.9. The van der Waals surface area contributed by atoms with Crippen LogP contribution >= 0.6 is 11.3 Å². The molecule has 0 spiro atoms. The molecule has 0 amide bonds. The summed E-state index contributed by atoms with van der Waals surface area (Å²) < 4.78 is 0. The molecule has 0 radical (unpaired) electrons. The highest BCUT2D eigenvalue weighted by molar-refractivity contribution is 7.12. The molecule has 0 saturated carbocycles. The Labute approximate surface area is 95.5 Å². The lowest BCUT2D eigenvalue weighted by atomic mass is 10.1. The maximum absolute atomic E-state index is 9.98. The summed E-state index contributed by atoms with van der Waals surface area (Å²) in [5.41, 5.74) is 1.48. The predicted octanol–water partition coefficient (Wildman–Crippen LogP) is 3.63. The maximum Gasteiger partial charge on any atom is 0.0882 e. The molecule has 1 atom stereocenters. The average molecular weight is 222 g/mol. The van der Waals surface area contributed by atoms with Crippen LogP contribution in [0.4, 0.5) is 0 Å². The molecule has 15 heavy (non-hydrogen) atoms. The van der Waals surface area contributed by atoms with Crippen LogP contribution in [0.15, 0.2) is 18.7 Å². The number of rotatable bonds is 5. The summed E-state index contributed by atoms with van der Waals surface area (Å²) in [5, 5.41) is 9.98. The molecule has 1 N–H and O–H groups in total. The van der Waals surface area contributed by atoms with E-state index >= 15 is 0 Å². The van der Waals surface area contributed by atoms with E-state index in [9.17, 15) is 5.11 Å². The summed E-state index contributed by atoms with van der Waals surface area (Å²) in [6, 6.07) is 2.21. The van der Waals surface area contributed by atoms with Crippen molar-refractivity contribution < 1.29 is 5.11 Å². The quantitative estimate of drug-likeness (QED) is 0.596. The van der Waals surface area contributed by atoms with Crippen molar-refractivity contribution in [3.05, 3.63) is 34.0 Å². The molecule has 1 aliphatic rings. The number of aryl methyl sites for hydroxylation is 2. The van der Waals surface area contributed by atoms with Crippen LogP contribution in [0.2, 0.25) is 0 Å². The van der Waals surface area contributed by atoms with Gasteiger partial charge in [0.25, 0.3) is 0 Å². The summed E-state index contributed by atoms with van der Waals surface area (Å²) in [6.45, 7) is 3.69. The lowest BCUT2D eigenvalue weighted by molar-refractivity contribution is 0.168. The molecule has 0 aliphatic heterocycles. The first-order valence-electron chi connectivity index (χ1n) is 5.71. The van der Waals surface area contributed by atoms with Gasteiger partial charge in [-0.05, 0) is 50.2 Å². The molecular weight excluding hydrogens is 204 g/mol. The Morgan fingerprint density at radius 2 is 2.40 bits per heavy atom. The summed E-state index contributed by atoms with van der Waals surface area (Å²) in [4.78, 5) is 2.68. The topological polar surface area (TPSA) is 20.2 Å². The van der Waals surface area contributed by atoms with Crippen LogP contribution in [-0.2, 0) is 12.8 Å². The minimum absolute atomic E-state index is 0.249. The maximum atomic E-state index is 9.98. The van der Waals surface area contributed by atoms with Crippen LogP contribution in [0.3, 0.4) is 0 Å². The zero-order chi connectivity index (χ0) is 10.7. The summed E-state index contributed by atoms with van der Waals surface area (Å²) in [7, 11) is 0. The Kier molecular flexibility index (Phi) is 3.60. The molecule has 0 saturated heterocycles. The van der Waals surface area contributed by atoms with Gasteiger partial charge in [-0.25, -0.2) is 0 Å². The highest BCUT2D eigenvalue weighted by Gasteiger charge is 2.18. The largest absolute Gasteiger partial charge is 0.388 e. The number of allylic oxidation sites excluding steroid dienone is 1. The molecule has 1 unspecified atom stereocenters. The van der Waals surface area contributed by atoms with Gasteiger partial charge in [0, 0.05) is 9.75 Å². The summed E-state index contributed by atoms with van der Waals surface area (Å²) >= 11 is 1.81. The molecule has 0 bridgehead atoms. The van der Waals surface area contributed by atoms with Gasteiger partial charge in [-0.15, -0.1) is 17.9 Å². The van der Waals surface area contributed by atoms with Gasteiger partial charge in [0.1, 0.15) is 0 Å². The van der Waals surface area contributed by atoms with Crippen molar-refractivity contribution >= 4 is 11.3 Å². The lowest BCUT2D eigenvalue weighted by Crippen LogP contribution is -1.94. The Morgan fingerprint density at radius 1 is 1.53 bits per heavy atom. The fourth-order valence-electron chi connectivity index (χ4n) is 2.11. The van der Waals surface area contributed by atoms with Crippen molar-refractivity contribution in [3.63, 3.8) is 0 Å². The molecular formula is C13H18OS. The number of aliphatic hydroxyl groups excluding tert-OH is 1. The van der Waals surface area contributed by atoms with Gasteiger partial charge in [-0.1, -0.05) is 6.08 Å². The molecule has 2 heteroatoms. The van der Waals surface area contributed by atoms with E-state index in [0.717, 1.165) is 19.3 Å². The second-order valence-corrected chi connectivity index (χ2v) is 5.35. The molecule has 1 aromatic rings. The first-order chi connectivity index (χ1) is 7.31. The molecule has 1 nitrogen and oxygen atoms in total. The van der Waals surface area contributed by atoms with Gasteiger partial charge in [0.15, 0.2) is 0 Å². The fourth-order valence-corrected chi connectivity index (χ4v) is 3.39. The van der Waals surface area contributed by atoms with Gasteiger partial charge < -0.3 is 5.11 Å². The van der Waals surface area contributed by atoms with E-state index in [0.29, 0.717) is 0 Å². The van der Waals surface area contributed by atoms with Crippen molar-refractivity contribution in [1.82, 2.24) is 0 Å². The second-order valence-electron chi connectivity index (χ2n) is 4.19. The molecule has 2 rings (SSSR count). The minimum Gasteiger partial charge on any atom is -0.388 e. The molecule has 0 fully saturated rings. The number of aliphatic hydroxyl groups is 1. The Hall–Kier alpha value is -0.600. The number of thiophene rings is 1. The second kappa shape index (κ2) is 4.95. The number of hydrogen-bond acceptors (Lipinski definition) is 2. The van der Waals surface area contributed by atoms with Gasteiger partial charge >= 0.3 is 0 Å². The van der Waals surface area contributed by atoms with Crippen LogP contribution in [0.25, 0.3) is 0 Å². The number of unbranched alkanes of at least 4 members (excludes halogenated alkanes) is 1. The number of fused-ring (bicyclic) bond motifs is 1. The SMILES string of the molecule is C=CCCCC(O)c1cc2c(s1)CCC2. The van der Waals surface area contributed by atoms with Crippen molar-refractivity contribution in [2.24, 2.45) is 0 Å². The van der Waals surface area contributed by atoms with E-state index in [-0.39, 0.29) is 6.10 Å². The molecule has 1 heterocycles. The van der Waals surface area contributed by atoms with Gasteiger partial charge in [-0.2, -0.15) is 0 Å². The standard InChI is InChI=1S/C13H18OS/c1-2-3-4-7-11(14)13-9-10-6-5-8-12(10)15-13/h2,9,11,14H,1,3-8H2. The van der Waals surface area contributed by atoms with E-state index in [4.69, 9.17) is 0 Å². The summed E-state index contributed by atoms with van der Waals surface area (Å²) in [5.74, 6) is 0. The Morgan fingerprint density at radius 3 is 3.13 bits per heavy atom. The molecule has 1 aliphatic carbocycles. The third-order valence-electron chi connectivity index (χ3n) is 2.98. The van der Waals surface area contributed by atoms with Crippen LogP contribution in [0.5, 0.6) is 0 Å². The van der Waals surface area contributed by atoms with Crippen molar-refractivity contribution in [3.8, 4) is 0 Å². The summed E-state index contributed by atoms with van der Waals surface area (Å²) in [6.07, 6.45) is 8.31. The lowest BCUT2D eigenvalue weighted by Gasteiger charge is -2.06. The van der Waals surface area contributed by atoms with Crippen molar-refractivity contribution in [2.45, 2.75) is 44.6 Å². The van der Waals surface area contributed by atoms with Gasteiger partial charge in [0.2, 0.25) is 0 Å². The van der Waals surface area contributed by atoms with Crippen LogP contribution < -0.4 is 0 Å². The first-order valence-corrected chi connectivity index (χ1v) is 6.53. The molecule has 82 valence electrons.